The molecule has 2 rings (SSSR count). The van der Waals surface area contributed by atoms with Crippen LogP contribution in [0.25, 0.3) is 0 Å². The molecule has 0 aromatic heterocycles. The molecular weight excluding hydrogens is 208 g/mol. The van der Waals surface area contributed by atoms with Crippen molar-refractivity contribution in [1.29, 1.82) is 0 Å². The maximum atomic E-state index is 4.14. The van der Waals surface area contributed by atoms with Crippen molar-refractivity contribution in [3.05, 3.63) is 6.92 Å². The molecule has 0 bridgehead atoms. The third kappa shape index (κ3) is 4.26. The summed E-state index contributed by atoms with van der Waals surface area (Å²) in [7, 11) is 0. The minimum atomic E-state index is 0.766. The maximum absolute atomic E-state index is 4.14. The van der Waals surface area contributed by atoms with E-state index in [0.717, 1.165) is 12.5 Å². The summed E-state index contributed by atoms with van der Waals surface area (Å²) >= 11 is 0. The molecule has 17 heavy (non-hydrogen) atoms. The van der Waals surface area contributed by atoms with Gasteiger partial charge in [-0.2, -0.15) is 0 Å². The van der Waals surface area contributed by atoms with Gasteiger partial charge in [0.15, 0.2) is 0 Å². The second-order valence-electron chi connectivity index (χ2n) is 5.73. The van der Waals surface area contributed by atoms with Crippen molar-refractivity contribution in [2.75, 3.05) is 32.7 Å². The summed E-state index contributed by atoms with van der Waals surface area (Å²) < 4.78 is 0. The van der Waals surface area contributed by atoms with Gasteiger partial charge in [0.1, 0.15) is 0 Å². The fourth-order valence-corrected chi connectivity index (χ4v) is 3.35. The van der Waals surface area contributed by atoms with Crippen molar-refractivity contribution in [3.63, 3.8) is 0 Å². The molecule has 0 aromatic rings. The second kappa shape index (κ2) is 7.38. The van der Waals surface area contributed by atoms with Gasteiger partial charge in [0.05, 0.1) is 0 Å². The van der Waals surface area contributed by atoms with Crippen molar-refractivity contribution < 1.29 is 0 Å². The number of rotatable bonds is 6. The van der Waals surface area contributed by atoms with Gasteiger partial charge in [-0.15, -0.1) is 0 Å². The second-order valence-corrected chi connectivity index (χ2v) is 5.73. The Morgan fingerprint density at radius 3 is 2.18 bits per heavy atom. The summed E-state index contributed by atoms with van der Waals surface area (Å²) in [5, 5.41) is 0. The van der Waals surface area contributed by atoms with Crippen LogP contribution in [-0.4, -0.2) is 48.6 Å². The fraction of sp³-hybridized carbons (Fsp3) is 0.933. The monoisotopic (exact) mass is 237 g/mol. The largest absolute Gasteiger partial charge is 0.303 e. The predicted octanol–water partition coefficient (Wildman–Crippen LogP) is 2.94. The Morgan fingerprint density at radius 1 is 0.882 bits per heavy atom. The van der Waals surface area contributed by atoms with Crippen LogP contribution < -0.4 is 0 Å². The van der Waals surface area contributed by atoms with E-state index >= 15 is 0 Å². The van der Waals surface area contributed by atoms with Crippen molar-refractivity contribution in [2.45, 2.75) is 57.4 Å². The molecule has 2 aliphatic heterocycles. The standard InChI is InChI=1S/C15H29N2/c1-2-15(17-13-6-7-14-17)9-8-12-16-10-4-3-5-11-16/h15H,1-14H2. The van der Waals surface area contributed by atoms with Gasteiger partial charge >= 0.3 is 0 Å². The van der Waals surface area contributed by atoms with Crippen LogP contribution in [0.15, 0.2) is 0 Å². The van der Waals surface area contributed by atoms with E-state index in [1.54, 1.807) is 0 Å². The van der Waals surface area contributed by atoms with Crippen LogP contribution in [0, 0.1) is 6.92 Å². The number of hydrogen-bond acceptors (Lipinski definition) is 2. The molecule has 2 heteroatoms. The molecule has 0 aliphatic carbocycles. The fourth-order valence-electron chi connectivity index (χ4n) is 3.35. The molecule has 0 amide bonds. The van der Waals surface area contributed by atoms with E-state index in [4.69, 9.17) is 0 Å². The summed E-state index contributed by atoms with van der Waals surface area (Å²) in [4.78, 5) is 5.33. The molecular formula is C15H29N2. The molecule has 2 saturated heterocycles. The molecule has 1 radical (unpaired) electrons. The SMILES string of the molecule is [CH2]CC(CCCN1CCCCC1)N1CCCC1. The average molecular weight is 237 g/mol. The zero-order chi connectivity index (χ0) is 11.9. The Hall–Kier alpha value is -0.0800. The van der Waals surface area contributed by atoms with Gasteiger partial charge in [0, 0.05) is 6.04 Å². The van der Waals surface area contributed by atoms with E-state index < -0.39 is 0 Å². The van der Waals surface area contributed by atoms with Gasteiger partial charge in [-0.1, -0.05) is 13.3 Å². The molecule has 1 atom stereocenters. The van der Waals surface area contributed by atoms with Crippen molar-refractivity contribution in [2.24, 2.45) is 0 Å². The van der Waals surface area contributed by atoms with E-state index in [2.05, 4.69) is 16.7 Å². The lowest BCUT2D eigenvalue weighted by Gasteiger charge is -2.29. The van der Waals surface area contributed by atoms with Crippen LogP contribution in [0.5, 0.6) is 0 Å². The Morgan fingerprint density at radius 2 is 1.53 bits per heavy atom. The lowest BCUT2D eigenvalue weighted by molar-refractivity contribution is 0.194. The lowest BCUT2D eigenvalue weighted by Crippen LogP contribution is -2.34. The highest BCUT2D eigenvalue weighted by atomic mass is 15.2. The summed E-state index contributed by atoms with van der Waals surface area (Å²) in [6.45, 7) is 10.8. The van der Waals surface area contributed by atoms with E-state index in [9.17, 15) is 0 Å². The van der Waals surface area contributed by atoms with Crippen LogP contribution in [-0.2, 0) is 0 Å². The normalized spacial score (nSPS) is 25.2. The highest BCUT2D eigenvalue weighted by Crippen LogP contribution is 2.18. The van der Waals surface area contributed by atoms with Gasteiger partial charge in [-0.05, 0) is 77.7 Å². The van der Waals surface area contributed by atoms with Gasteiger partial charge in [0.25, 0.3) is 0 Å². The van der Waals surface area contributed by atoms with Crippen molar-refractivity contribution in [1.82, 2.24) is 9.80 Å². The van der Waals surface area contributed by atoms with Gasteiger partial charge < -0.3 is 9.80 Å². The number of hydrogen-bond donors (Lipinski definition) is 0. The van der Waals surface area contributed by atoms with Crippen LogP contribution in [0.4, 0.5) is 0 Å². The van der Waals surface area contributed by atoms with E-state index in [1.807, 2.05) is 0 Å². The highest BCUT2D eigenvalue weighted by molar-refractivity contribution is 4.77. The molecule has 0 aromatic carbocycles. The Bertz CT molecular complexity index is 193. The molecule has 1 unspecified atom stereocenters. The van der Waals surface area contributed by atoms with Crippen LogP contribution in [0.2, 0.25) is 0 Å². The number of likely N-dealkylation sites (tertiary alicyclic amines) is 2. The minimum absolute atomic E-state index is 0.766. The smallest absolute Gasteiger partial charge is 0.00957 e. The molecule has 0 N–H and O–H groups in total. The van der Waals surface area contributed by atoms with Crippen molar-refractivity contribution in [3.8, 4) is 0 Å². The molecule has 2 nitrogen and oxygen atoms in total. The summed E-state index contributed by atoms with van der Waals surface area (Å²) in [5.41, 5.74) is 0. The lowest BCUT2D eigenvalue weighted by atomic mass is 10.1. The Labute approximate surface area is 107 Å². The summed E-state index contributed by atoms with van der Waals surface area (Å²) in [5.74, 6) is 0. The molecule has 0 spiro atoms. The minimum Gasteiger partial charge on any atom is -0.303 e. The molecule has 0 saturated carbocycles. The Balaban J connectivity index is 1.61. The third-order valence-corrected chi connectivity index (χ3v) is 4.45. The molecule has 2 heterocycles. The molecule has 2 fully saturated rings. The first-order chi connectivity index (χ1) is 8.40. The van der Waals surface area contributed by atoms with Gasteiger partial charge in [0.2, 0.25) is 0 Å². The molecule has 2 aliphatic rings. The quantitative estimate of drug-likeness (QED) is 0.701. The zero-order valence-corrected chi connectivity index (χ0v) is 11.4. The van der Waals surface area contributed by atoms with E-state index in [-0.39, 0.29) is 0 Å². The van der Waals surface area contributed by atoms with Crippen LogP contribution >= 0.6 is 0 Å². The van der Waals surface area contributed by atoms with E-state index in [0.29, 0.717) is 0 Å². The highest BCUT2D eigenvalue weighted by Gasteiger charge is 2.20. The Kier molecular flexibility index (Phi) is 5.79. The van der Waals surface area contributed by atoms with E-state index in [1.165, 1.54) is 77.7 Å². The first-order valence-electron chi connectivity index (χ1n) is 7.66. The predicted molar refractivity (Wildman–Crippen MR) is 74.1 cm³/mol. The topological polar surface area (TPSA) is 6.48 Å². The number of piperidine rings is 1. The average Bonchev–Trinajstić information content (AvgIpc) is 2.90. The van der Waals surface area contributed by atoms with Crippen molar-refractivity contribution >= 4 is 0 Å². The maximum Gasteiger partial charge on any atom is 0.00957 e. The van der Waals surface area contributed by atoms with Gasteiger partial charge in [-0.25, -0.2) is 0 Å². The first-order valence-corrected chi connectivity index (χ1v) is 7.66. The van der Waals surface area contributed by atoms with Crippen LogP contribution in [0.3, 0.4) is 0 Å². The van der Waals surface area contributed by atoms with Gasteiger partial charge in [-0.3, -0.25) is 0 Å². The summed E-state index contributed by atoms with van der Waals surface area (Å²) in [6, 6.07) is 0.766. The number of nitrogens with zero attached hydrogens (tertiary/aromatic N) is 2. The molecule has 99 valence electrons. The first kappa shape index (κ1) is 13.4. The third-order valence-electron chi connectivity index (χ3n) is 4.45. The summed E-state index contributed by atoms with van der Waals surface area (Å²) in [6.07, 6.45) is 10.9. The zero-order valence-electron chi connectivity index (χ0n) is 11.4. The van der Waals surface area contributed by atoms with Crippen LogP contribution in [0.1, 0.15) is 51.4 Å².